The zero-order chi connectivity index (χ0) is 14.7. The van der Waals surface area contributed by atoms with E-state index in [1.54, 1.807) is 23.1 Å². The van der Waals surface area contributed by atoms with E-state index in [9.17, 15) is 9.90 Å². The molecule has 0 spiro atoms. The number of phenols is 1. The Morgan fingerprint density at radius 3 is 2.76 bits per heavy atom. The first-order valence-corrected chi connectivity index (χ1v) is 7.05. The summed E-state index contributed by atoms with van der Waals surface area (Å²) in [5, 5.41) is 9.81. The Bertz CT molecular complexity index is 654. The monoisotopic (exact) mass is 283 g/mol. The average molecular weight is 283 g/mol. The first-order valence-electron chi connectivity index (χ1n) is 7.05. The molecule has 0 aliphatic carbocycles. The summed E-state index contributed by atoms with van der Waals surface area (Å²) in [5.41, 5.74) is 1.44. The van der Waals surface area contributed by atoms with E-state index in [0.717, 1.165) is 17.9 Å². The van der Waals surface area contributed by atoms with E-state index in [1.807, 2.05) is 30.3 Å². The predicted octanol–water partition coefficient (Wildman–Crippen LogP) is 2.75. The maximum Gasteiger partial charge on any atom is 0.231 e. The van der Waals surface area contributed by atoms with Crippen molar-refractivity contribution >= 4 is 11.6 Å². The fourth-order valence-electron chi connectivity index (χ4n) is 2.51. The van der Waals surface area contributed by atoms with Crippen LogP contribution < -0.4 is 9.64 Å². The molecular formula is C17H17NO3. The van der Waals surface area contributed by atoms with Gasteiger partial charge in [-0.1, -0.05) is 30.3 Å². The molecule has 3 rings (SSSR count). The maximum atomic E-state index is 12.6. The molecule has 108 valence electrons. The minimum atomic E-state index is -0.0329. The minimum Gasteiger partial charge on any atom is -0.508 e. The van der Waals surface area contributed by atoms with Crippen LogP contribution in [0.15, 0.2) is 48.5 Å². The number of para-hydroxylation sites is 3. The zero-order valence-corrected chi connectivity index (χ0v) is 11.7. The highest BCUT2D eigenvalue weighted by Gasteiger charge is 2.22. The van der Waals surface area contributed by atoms with Crippen LogP contribution in [0, 0.1) is 0 Å². The zero-order valence-electron chi connectivity index (χ0n) is 11.7. The summed E-state index contributed by atoms with van der Waals surface area (Å²) in [6, 6.07) is 14.5. The lowest BCUT2D eigenvalue weighted by molar-refractivity contribution is -0.118. The van der Waals surface area contributed by atoms with E-state index in [0.29, 0.717) is 18.7 Å². The quantitative estimate of drug-likeness (QED) is 0.922. The molecule has 21 heavy (non-hydrogen) atoms. The van der Waals surface area contributed by atoms with E-state index in [4.69, 9.17) is 4.74 Å². The highest BCUT2D eigenvalue weighted by molar-refractivity contribution is 5.96. The third-order valence-corrected chi connectivity index (χ3v) is 3.57. The number of ether oxygens (including phenoxy) is 1. The van der Waals surface area contributed by atoms with Gasteiger partial charge in [-0.2, -0.15) is 0 Å². The molecule has 4 nitrogen and oxygen atoms in total. The van der Waals surface area contributed by atoms with Gasteiger partial charge < -0.3 is 14.7 Å². The molecule has 1 amide bonds. The van der Waals surface area contributed by atoms with Crippen molar-refractivity contribution in [2.24, 2.45) is 0 Å². The van der Waals surface area contributed by atoms with E-state index in [1.165, 1.54) is 0 Å². The molecule has 0 saturated heterocycles. The van der Waals surface area contributed by atoms with Crippen LogP contribution in [0.4, 0.5) is 5.69 Å². The highest BCUT2D eigenvalue weighted by atomic mass is 16.5. The summed E-state index contributed by atoms with van der Waals surface area (Å²) >= 11 is 0. The second-order valence-corrected chi connectivity index (χ2v) is 5.02. The normalized spacial score (nSPS) is 14.0. The molecule has 1 heterocycles. The molecule has 0 unspecified atom stereocenters. The number of amides is 1. The molecule has 0 bridgehead atoms. The highest BCUT2D eigenvalue weighted by Crippen LogP contribution is 2.31. The molecule has 2 aromatic carbocycles. The Morgan fingerprint density at radius 2 is 1.90 bits per heavy atom. The number of hydrogen-bond acceptors (Lipinski definition) is 3. The van der Waals surface area contributed by atoms with Crippen molar-refractivity contribution in [2.75, 3.05) is 18.1 Å². The Balaban J connectivity index is 1.86. The molecule has 4 heteroatoms. The van der Waals surface area contributed by atoms with Crippen LogP contribution in [0.1, 0.15) is 12.0 Å². The van der Waals surface area contributed by atoms with Crippen LogP contribution in [0.3, 0.4) is 0 Å². The summed E-state index contributed by atoms with van der Waals surface area (Å²) in [6.45, 7) is 1.24. The first kappa shape index (κ1) is 13.5. The van der Waals surface area contributed by atoms with Crippen LogP contribution in [0.2, 0.25) is 0 Å². The van der Waals surface area contributed by atoms with E-state index in [-0.39, 0.29) is 18.1 Å². The third-order valence-electron chi connectivity index (χ3n) is 3.57. The second kappa shape index (κ2) is 5.87. The summed E-state index contributed by atoms with van der Waals surface area (Å²) in [7, 11) is 0. The molecular weight excluding hydrogens is 266 g/mol. The smallest absolute Gasteiger partial charge is 0.231 e. The fraction of sp³-hybridized carbons (Fsp3) is 0.235. The van der Waals surface area contributed by atoms with Gasteiger partial charge in [0.2, 0.25) is 5.91 Å². The van der Waals surface area contributed by atoms with E-state index >= 15 is 0 Å². The van der Waals surface area contributed by atoms with Crippen LogP contribution in [-0.4, -0.2) is 24.2 Å². The minimum absolute atomic E-state index is 0.0329. The lowest BCUT2D eigenvalue weighted by atomic mass is 10.1. The fourth-order valence-corrected chi connectivity index (χ4v) is 2.51. The maximum absolute atomic E-state index is 12.6. The molecule has 0 saturated carbocycles. The number of phenolic OH excluding ortho intramolecular Hbond substituents is 1. The van der Waals surface area contributed by atoms with Gasteiger partial charge in [-0.15, -0.1) is 0 Å². The number of fused-ring (bicyclic) bond motifs is 1. The van der Waals surface area contributed by atoms with Gasteiger partial charge in [-0.25, -0.2) is 0 Å². The number of hydrogen-bond donors (Lipinski definition) is 1. The molecule has 0 fully saturated rings. The third kappa shape index (κ3) is 2.84. The van der Waals surface area contributed by atoms with Crippen LogP contribution >= 0.6 is 0 Å². The number of rotatable bonds is 2. The summed E-state index contributed by atoms with van der Waals surface area (Å²) in [6.07, 6.45) is 0.974. The Morgan fingerprint density at radius 1 is 1.14 bits per heavy atom. The van der Waals surface area contributed by atoms with Gasteiger partial charge in [0.25, 0.3) is 0 Å². The van der Waals surface area contributed by atoms with Crippen LogP contribution in [-0.2, 0) is 11.2 Å². The van der Waals surface area contributed by atoms with Gasteiger partial charge in [-0.3, -0.25) is 4.79 Å². The largest absolute Gasteiger partial charge is 0.508 e. The predicted molar refractivity (Wildman–Crippen MR) is 80.7 cm³/mol. The summed E-state index contributed by atoms with van der Waals surface area (Å²) in [4.78, 5) is 14.3. The first-order chi connectivity index (χ1) is 10.3. The van der Waals surface area contributed by atoms with Crippen molar-refractivity contribution in [1.29, 1.82) is 0 Å². The standard InChI is InChI=1S/C17H17NO3/c19-15-8-3-1-6-13(15)12-17(20)18-10-5-11-21-16-9-4-2-7-14(16)18/h1-4,6-9,19H,5,10-12H2. The molecule has 0 radical (unpaired) electrons. The van der Waals surface area contributed by atoms with Crippen molar-refractivity contribution in [3.8, 4) is 11.5 Å². The van der Waals surface area contributed by atoms with Gasteiger partial charge in [-0.05, 0) is 24.6 Å². The second-order valence-electron chi connectivity index (χ2n) is 5.02. The van der Waals surface area contributed by atoms with Crippen molar-refractivity contribution in [3.05, 3.63) is 54.1 Å². The lowest BCUT2D eigenvalue weighted by Gasteiger charge is -2.22. The van der Waals surface area contributed by atoms with Gasteiger partial charge in [0.15, 0.2) is 0 Å². The molecule has 1 aliphatic rings. The van der Waals surface area contributed by atoms with Crippen molar-refractivity contribution < 1.29 is 14.6 Å². The van der Waals surface area contributed by atoms with Crippen LogP contribution in [0.25, 0.3) is 0 Å². The molecule has 1 N–H and O–H groups in total. The summed E-state index contributed by atoms with van der Waals surface area (Å²) < 4.78 is 5.66. The Labute approximate surface area is 123 Å². The topological polar surface area (TPSA) is 49.8 Å². The van der Waals surface area contributed by atoms with Gasteiger partial charge >= 0.3 is 0 Å². The lowest BCUT2D eigenvalue weighted by Crippen LogP contribution is -2.32. The Kier molecular flexibility index (Phi) is 3.77. The number of benzene rings is 2. The van der Waals surface area contributed by atoms with Crippen molar-refractivity contribution in [2.45, 2.75) is 12.8 Å². The molecule has 0 atom stereocenters. The molecule has 1 aliphatic heterocycles. The summed E-state index contributed by atoms with van der Waals surface area (Å²) in [5.74, 6) is 0.861. The van der Waals surface area contributed by atoms with Crippen LogP contribution in [0.5, 0.6) is 11.5 Å². The molecule has 0 aromatic heterocycles. The SMILES string of the molecule is O=C(Cc1ccccc1O)N1CCCOc2ccccc21. The van der Waals surface area contributed by atoms with Crippen molar-refractivity contribution in [3.63, 3.8) is 0 Å². The average Bonchev–Trinajstić information content (AvgIpc) is 2.72. The number of carbonyl (C=O) groups excluding carboxylic acids is 1. The van der Waals surface area contributed by atoms with E-state index in [2.05, 4.69) is 0 Å². The number of anilines is 1. The molecule has 2 aromatic rings. The number of aromatic hydroxyl groups is 1. The van der Waals surface area contributed by atoms with Gasteiger partial charge in [0, 0.05) is 12.1 Å². The van der Waals surface area contributed by atoms with Gasteiger partial charge in [0.1, 0.15) is 11.5 Å². The Hall–Kier alpha value is -2.49. The van der Waals surface area contributed by atoms with Gasteiger partial charge in [0.05, 0.1) is 18.7 Å². The number of carbonyl (C=O) groups is 1. The van der Waals surface area contributed by atoms with E-state index < -0.39 is 0 Å². The van der Waals surface area contributed by atoms with Crippen molar-refractivity contribution in [1.82, 2.24) is 0 Å². The number of nitrogens with zero attached hydrogens (tertiary/aromatic N) is 1.